The number of carboxylic acids is 1. The van der Waals surface area contributed by atoms with Crippen LogP contribution in [0.15, 0.2) is 18.2 Å². The van der Waals surface area contributed by atoms with Gasteiger partial charge in [-0.25, -0.2) is 8.78 Å². The molecule has 0 heterocycles. The monoisotopic (exact) mass is 312 g/mol. The molecule has 0 radical (unpaired) electrons. The van der Waals surface area contributed by atoms with Crippen molar-refractivity contribution in [3.8, 4) is 0 Å². The van der Waals surface area contributed by atoms with Gasteiger partial charge in [0.05, 0.1) is 12.1 Å². The molecule has 0 aromatic heterocycles. The minimum atomic E-state index is -1.16. The topological polar surface area (TPSA) is 69.6 Å². The molecular formula is C15H18F2N2O3. The van der Waals surface area contributed by atoms with Crippen LogP contribution in [0.2, 0.25) is 0 Å². The molecule has 22 heavy (non-hydrogen) atoms. The van der Waals surface area contributed by atoms with E-state index in [0.29, 0.717) is 19.4 Å². The van der Waals surface area contributed by atoms with E-state index in [1.165, 1.54) is 12.1 Å². The zero-order chi connectivity index (χ0) is 16.3. The van der Waals surface area contributed by atoms with Gasteiger partial charge >= 0.3 is 5.97 Å². The van der Waals surface area contributed by atoms with Crippen molar-refractivity contribution in [2.24, 2.45) is 0 Å². The van der Waals surface area contributed by atoms with Crippen LogP contribution in [0.5, 0.6) is 0 Å². The Morgan fingerprint density at radius 1 is 1.36 bits per heavy atom. The third-order valence-electron chi connectivity index (χ3n) is 3.91. The van der Waals surface area contributed by atoms with Crippen molar-refractivity contribution in [1.82, 2.24) is 10.2 Å². The van der Waals surface area contributed by atoms with Crippen molar-refractivity contribution in [1.29, 1.82) is 0 Å². The van der Waals surface area contributed by atoms with Crippen molar-refractivity contribution in [3.05, 3.63) is 35.4 Å². The van der Waals surface area contributed by atoms with E-state index >= 15 is 0 Å². The first-order chi connectivity index (χ1) is 10.4. The lowest BCUT2D eigenvalue weighted by atomic mass is 9.85. The Bertz CT molecular complexity index is 574. The molecule has 0 aliphatic heterocycles. The molecule has 2 N–H and O–H groups in total. The number of benzene rings is 1. The molecule has 7 heteroatoms. The molecule has 2 rings (SSSR count). The fourth-order valence-corrected chi connectivity index (χ4v) is 2.62. The summed E-state index contributed by atoms with van der Waals surface area (Å²) in [6, 6.07) is 3.40. The van der Waals surface area contributed by atoms with Crippen LogP contribution < -0.4 is 5.32 Å². The lowest BCUT2D eigenvalue weighted by Crippen LogP contribution is -2.54. The van der Waals surface area contributed by atoms with E-state index in [0.717, 1.165) is 6.07 Å². The van der Waals surface area contributed by atoms with Crippen LogP contribution in [0.1, 0.15) is 30.1 Å². The Morgan fingerprint density at radius 2 is 2.05 bits per heavy atom. The highest BCUT2D eigenvalue weighted by molar-refractivity contribution is 5.94. The van der Waals surface area contributed by atoms with Gasteiger partial charge in [0.15, 0.2) is 11.6 Å². The Kier molecular flexibility index (Phi) is 5.07. The molecule has 0 atom stereocenters. The first kappa shape index (κ1) is 16.4. The van der Waals surface area contributed by atoms with Gasteiger partial charge in [-0.05, 0) is 31.5 Å². The van der Waals surface area contributed by atoms with Crippen LogP contribution >= 0.6 is 0 Å². The fourth-order valence-electron chi connectivity index (χ4n) is 2.62. The van der Waals surface area contributed by atoms with Crippen LogP contribution in [0.25, 0.3) is 0 Å². The van der Waals surface area contributed by atoms with E-state index in [2.05, 4.69) is 5.32 Å². The summed E-state index contributed by atoms with van der Waals surface area (Å²) >= 11 is 0. The summed E-state index contributed by atoms with van der Waals surface area (Å²) in [5, 5.41) is 11.5. The second-order valence-corrected chi connectivity index (χ2v) is 5.35. The molecule has 1 aliphatic carbocycles. The Labute approximate surface area is 126 Å². The van der Waals surface area contributed by atoms with Gasteiger partial charge in [0, 0.05) is 12.1 Å². The first-order valence-corrected chi connectivity index (χ1v) is 7.13. The maximum atomic E-state index is 13.5. The minimum absolute atomic E-state index is 0.0413. The predicted molar refractivity (Wildman–Crippen MR) is 75.5 cm³/mol. The summed E-state index contributed by atoms with van der Waals surface area (Å²) in [7, 11) is 0. The third-order valence-corrected chi connectivity index (χ3v) is 3.91. The normalized spacial score (nSPS) is 20.5. The molecule has 0 saturated heterocycles. The standard InChI is InChI=1S/C15H18F2N2O3/c1-2-19(8-13(20)21)10-6-9(7-10)18-15(22)11-4-3-5-12(16)14(11)17/h3-5,9-10H,2,6-8H2,1H3,(H,18,22)(H,20,21). The van der Waals surface area contributed by atoms with Crippen molar-refractivity contribution in [2.75, 3.05) is 13.1 Å². The Morgan fingerprint density at radius 3 is 2.64 bits per heavy atom. The average Bonchev–Trinajstić information content (AvgIpc) is 2.42. The minimum Gasteiger partial charge on any atom is -0.480 e. The van der Waals surface area contributed by atoms with Crippen molar-refractivity contribution >= 4 is 11.9 Å². The SMILES string of the molecule is CCN(CC(=O)O)C1CC(NC(=O)c2cccc(F)c2F)C1. The number of halogens is 2. The quantitative estimate of drug-likeness (QED) is 0.838. The highest BCUT2D eigenvalue weighted by Gasteiger charge is 2.35. The van der Waals surface area contributed by atoms with Crippen molar-refractivity contribution in [3.63, 3.8) is 0 Å². The Hall–Kier alpha value is -2.02. The van der Waals surface area contributed by atoms with Crippen LogP contribution in [-0.4, -0.2) is 47.1 Å². The first-order valence-electron chi connectivity index (χ1n) is 7.13. The number of nitrogens with zero attached hydrogens (tertiary/aromatic N) is 1. The van der Waals surface area contributed by atoms with Gasteiger partial charge in [-0.3, -0.25) is 14.5 Å². The number of aliphatic carboxylic acids is 1. The number of nitrogens with one attached hydrogen (secondary N) is 1. The summed E-state index contributed by atoms with van der Waals surface area (Å²) in [5.74, 6) is -3.76. The van der Waals surface area contributed by atoms with Gasteiger partial charge in [-0.2, -0.15) is 0 Å². The number of rotatable bonds is 6. The molecule has 1 fully saturated rings. The number of carboxylic acid groups (broad SMARTS) is 1. The number of hydrogen-bond acceptors (Lipinski definition) is 3. The molecule has 1 saturated carbocycles. The zero-order valence-corrected chi connectivity index (χ0v) is 12.2. The Balaban J connectivity index is 1.88. The van der Waals surface area contributed by atoms with Crippen LogP contribution in [0, 0.1) is 11.6 Å². The van der Waals surface area contributed by atoms with Gasteiger partial charge in [0.25, 0.3) is 5.91 Å². The maximum absolute atomic E-state index is 13.5. The third kappa shape index (κ3) is 3.59. The summed E-state index contributed by atoms with van der Waals surface area (Å²) in [4.78, 5) is 24.5. The average molecular weight is 312 g/mol. The molecule has 120 valence electrons. The van der Waals surface area contributed by atoms with E-state index in [1.54, 1.807) is 0 Å². The molecule has 0 unspecified atom stereocenters. The second kappa shape index (κ2) is 6.83. The summed E-state index contributed by atoms with van der Waals surface area (Å²) in [5.41, 5.74) is -0.318. The van der Waals surface area contributed by atoms with Crippen molar-refractivity contribution in [2.45, 2.75) is 31.8 Å². The van der Waals surface area contributed by atoms with Gasteiger partial charge in [-0.15, -0.1) is 0 Å². The van der Waals surface area contributed by atoms with E-state index < -0.39 is 23.5 Å². The van der Waals surface area contributed by atoms with Crippen LogP contribution in [-0.2, 0) is 4.79 Å². The van der Waals surface area contributed by atoms with Crippen LogP contribution in [0.3, 0.4) is 0 Å². The maximum Gasteiger partial charge on any atom is 0.317 e. The second-order valence-electron chi connectivity index (χ2n) is 5.35. The molecule has 0 bridgehead atoms. The number of amides is 1. The molecule has 0 spiro atoms. The predicted octanol–water partition coefficient (Wildman–Crippen LogP) is 1.63. The van der Waals surface area contributed by atoms with Crippen molar-refractivity contribution < 1.29 is 23.5 Å². The number of hydrogen-bond donors (Lipinski definition) is 2. The summed E-state index contributed by atoms with van der Waals surface area (Å²) in [6.07, 6.45) is 1.20. The molecule has 1 aromatic carbocycles. The van der Waals surface area contributed by atoms with E-state index in [1.807, 2.05) is 11.8 Å². The highest BCUT2D eigenvalue weighted by Crippen LogP contribution is 2.26. The molecule has 1 aliphatic rings. The van der Waals surface area contributed by atoms with Gasteiger partial charge in [-0.1, -0.05) is 13.0 Å². The van der Waals surface area contributed by atoms with Gasteiger partial charge in [0.1, 0.15) is 0 Å². The molecule has 5 nitrogen and oxygen atoms in total. The lowest BCUT2D eigenvalue weighted by Gasteiger charge is -2.42. The summed E-state index contributed by atoms with van der Waals surface area (Å²) < 4.78 is 26.6. The number of carbonyl (C=O) groups is 2. The molecular weight excluding hydrogens is 294 g/mol. The zero-order valence-electron chi connectivity index (χ0n) is 12.2. The summed E-state index contributed by atoms with van der Waals surface area (Å²) in [6.45, 7) is 2.44. The van der Waals surface area contributed by atoms with E-state index in [4.69, 9.17) is 5.11 Å². The van der Waals surface area contributed by atoms with E-state index in [-0.39, 0.29) is 24.2 Å². The van der Waals surface area contributed by atoms with E-state index in [9.17, 15) is 18.4 Å². The highest BCUT2D eigenvalue weighted by atomic mass is 19.2. The molecule has 1 amide bonds. The fraction of sp³-hybridized carbons (Fsp3) is 0.467. The van der Waals surface area contributed by atoms with Gasteiger partial charge in [0.2, 0.25) is 0 Å². The van der Waals surface area contributed by atoms with Crippen LogP contribution in [0.4, 0.5) is 8.78 Å². The largest absolute Gasteiger partial charge is 0.480 e. The lowest BCUT2D eigenvalue weighted by molar-refractivity contribution is -0.139. The van der Waals surface area contributed by atoms with Gasteiger partial charge < -0.3 is 10.4 Å². The molecule has 1 aromatic rings. The smallest absolute Gasteiger partial charge is 0.317 e. The number of likely N-dealkylation sites (N-methyl/N-ethyl adjacent to an activating group) is 1. The number of carbonyl (C=O) groups excluding carboxylic acids is 1.